The fourth-order valence-electron chi connectivity index (χ4n) is 1.34. The molecule has 2 atom stereocenters. The monoisotopic (exact) mass is 226 g/mol. The lowest BCUT2D eigenvalue weighted by molar-refractivity contribution is 0.0713. The minimum atomic E-state index is -2.92. The molecule has 1 rings (SSSR count). The molecule has 0 aliphatic heterocycles. The molecule has 0 aromatic heterocycles. The highest BCUT2D eigenvalue weighted by Crippen LogP contribution is 2.40. The highest BCUT2D eigenvalue weighted by atomic mass is 19.2. The molecule has 1 aliphatic carbocycles. The summed E-state index contributed by atoms with van der Waals surface area (Å²) in [5, 5.41) is 8.57. The summed E-state index contributed by atoms with van der Waals surface area (Å²) in [7, 11) is 1.08. The average Bonchev–Trinajstić information content (AvgIpc) is 2.15. The van der Waals surface area contributed by atoms with Crippen molar-refractivity contribution in [3.05, 3.63) is 23.6 Å². The first-order chi connectivity index (χ1) is 6.96. The van der Waals surface area contributed by atoms with Gasteiger partial charge in [-0.2, -0.15) is 0 Å². The number of methoxy groups -OCH3 is 1. The van der Waals surface area contributed by atoms with Crippen molar-refractivity contribution in [3.63, 3.8) is 0 Å². The van der Waals surface area contributed by atoms with E-state index < -0.39 is 42.3 Å². The predicted molar refractivity (Wildman–Crippen MR) is 44.7 cm³/mol. The Morgan fingerprint density at radius 2 is 2.07 bits per heavy atom. The van der Waals surface area contributed by atoms with Gasteiger partial charge in [-0.25, -0.2) is 17.6 Å². The molecule has 15 heavy (non-hydrogen) atoms. The zero-order valence-corrected chi connectivity index (χ0v) is 7.94. The number of rotatable bonds is 3. The third kappa shape index (κ3) is 2.05. The van der Waals surface area contributed by atoms with E-state index in [0.717, 1.165) is 7.11 Å². The summed E-state index contributed by atoms with van der Waals surface area (Å²) < 4.78 is 57.2. The highest BCUT2D eigenvalue weighted by molar-refractivity contribution is 5.33. The molecule has 0 amide bonds. The SMILES string of the molecule is COCC1(F)C=C(F)C(CO)C(F)=C1F. The van der Waals surface area contributed by atoms with Crippen LogP contribution in [-0.2, 0) is 4.74 Å². The molecule has 0 fully saturated rings. The molecule has 0 heterocycles. The fourth-order valence-corrected chi connectivity index (χ4v) is 1.34. The zero-order valence-electron chi connectivity index (χ0n) is 7.94. The van der Waals surface area contributed by atoms with E-state index in [-0.39, 0.29) is 6.08 Å². The number of hydrogen-bond donors (Lipinski definition) is 1. The van der Waals surface area contributed by atoms with Gasteiger partial charge >= 0.3 is 0 Å². The Balaban J connectivity index is 3.10. The number of ether oxygens (including phenoxy) is 1. The lowest BCUT2D eigenvalue weighted by atomic mass is 9.91. The number of halogens is 4. The smallest absolute Gasteiger partial charge is 0.208 e. The van der Waals surface area contributed by atoms with E-state index >= 15 is 0 Å². The molecule has 0 saturated carbocycles. The fraction of sp³-hybridized carbons (Fsp3) is 0.556. The quantitative estimate of drug-likeness (QED) is 0.745. The van der Waals surface area contributed by atoms with Gasteiger partial charge in [0.1, 0.15) is 11.7 Å². The van der Waals surface area contributed by atoms with Crippen LogP contribution in [0.4, 0.5) is 17.6 Å². The lowest BCUT2D eigenvalue weighted by Gasteiger charge is -2.26. The van der Waals surface area contributed by atoms with Crippen LogP contribution in [0.1, 0.15) is 0 Å². The van der Waals surface area contributed by atoms with Gasteiger partial charge in [-0.15, -0.1) is 0 Å². The summed E-state index contributed by atoms with van der Waals surface area (Å²) in [4.78, 5) is 0. The summed E-state index contributed by atoms with van der Waals surface area (Å²) in [6.07, 6.45) is 0.288. The maximum absolute atomic E-state index is 13.6. The van der Waals surface area contributed by atoms with Crippen LogP contribution in [0.2, 0.25) is 0 Å². The van der Waals surface area contributed by atoms with Crippen molar-refractivity contribution >= 4 is 0 Å². The van der Waals surface area contributed by atoms with Crippen molar-refractivity contribution in [3.8, 4) is 0 Å². The van der Waals surface area contributed by atoms with Crippen molar-refractivity contribution in [2.75, 3.05) is 20.3 Å². The number of alkyl halides is 1. The molecular weight excluding hydrogens is 216 g/mol. The van der Waals surface area contributed by atoms with Crippen molar-refractivity contribution in [1.29, 1.82) is 0 Å². The van der Waals surface area contributed by atoms with Gasteiger partial charge in [0.25, 0.3) is 0 Å². The third-order valence-corrected chi connectivity index (χ3v) is 2.12. The number of aliphatic hydroxyl groups is 1. The van der Waals surface area contributed by atoms with Gasteiger partial charge in [-0.3, -0.25) is 0 Å². The normalized spacial score (nSPS) is 31.9. The molecule has 0 aromatic carbocycles. The van der Waals surface area contributed by atoms with Gasteiger partial charge in [0, 0.05) is 7.11 Å². The first kappa shape index (κ1) is 12.2. The van der Waals surface area contributed by atoms with E-state index in [4.69, 9.17) is 5.11 Å². The Bertz CT molecular complexity index is 313. The molecule has 2 unspecified atom stereocenters. The molecule has 0 radical (unpaired) electrons. The Labute approximate surface area is 83.8 Å². The van der Waals surface area contributed by atoms with Gasteiger partial charge in [0.05, 0.1) is 19.1 Å². The Kier molecular flexibility index (Phi) is 3.51. The third-order valence-electron chi connectivity index (χ3n) is 2.12. The van der Waals surface area contributed by atoms with E-state index in [1.165, 1.54) is 0 Å². The number of aliphatic hydroxyl groups excluding tert-OH is 1. The standard InChI is InChI=1S/C9H10F4O2/c1-15-4-9(13)2-6(10)5(3-14)7(11)8(9)12/h2,5,14H,3-4H2,1H3. The van der Waals surface area contributed by atoms with E-state index in [1.807, 2.05) is 0 Å². The Morgan fingerprint density at radius 3 is 2.53 bits per heavy atom. The first-order valence-electron chi connectivity index (χ1n) is 4.19. The molecule has 1 aliphatic rings. The molecule has 0 bridgehead atoms. The maximum Gasteiger partial charge on any atom is 0.208 e. The molecule has 0 spiro atoms. The molecule has 86 valence electrons. The molecule has 6 heteroatoms. The van der Waals surface area contributed by atoms with Crippen LogP contribution < -0.4 is 0 Å². The van der Waals surface area contributed by atoms with Crippen molar-refractivity contribution < 1.29 is 27.4 Å². The van der Waals surface area contributed by atoms with E-state index in [2.05, 4.69) is 4.74 Å². The summed E-state index contributed by atoms with van der Waals surface area (Å²) in [6.45, 7) is -1.78. The van der Waals surface area contributed by atoms with Crippen LogP contribution in [0.15, 0.2) is 23.6 Å². The predicted octanol–water partition coefficient (Wildman–Crippen LogP) is 1.97. The lowest BCUT2D eigenvalue weighted by Crippen LogP contribution is -2.33. The van der Waals surface area contributed by atoms with Crippen LogP contribution in [-0.4, -0.2) is 31.1 Å². The van der Waals surface area contributed by atoms with Crippen LogP contribution in [0.25, 0.3) is 0 Å². The van der Waals surface area contributed by atoms with Crippen LogP contribution in [0.5, 0.6) is 0 Å². The van der Waals surface area contributed by atoms with Crippen LogP contribution in [0, 0.1) is 5.92 Å². The summed E-state index contributed by atoms with van der Waals surface area (Å²) in [5.41, 5.74) is -2.92. The molecular formula is C9H10F4O2. The van der Waals surface area contributed by atoms with E-state index in [0.29, 0.717) is 0 Å². The average molecular weight is 226 g/mol. The summed E-state index contributed by atoms with van der Waals surface area (Å²) in [6, 6.07) is 0. The Hall–Kier alpha value is -0.880. The second-order valence-corrected chi connectivity index (χ2v) is 3.22. The summed E-state index contributed by atoms with van der Waals surface area (Å²) >= 11 is 0. The Morgan fingerprint density at radius 1 is 1.47 bits per heavy atom. The molecule has 0 saturated heterocycles. The molecule has 1 N–H and O–H groups in total. The van der Waals surface area contributed by atoms with Crippen molar-refractivity contribution in [2.24, 2.45) is 5.92 Å². The van der Waals surface area contributed by atoms with Gasteiger partial charge in [0.2, 0.25) is 5.67 Å². The summed E-state index contributed by atoms with van der Waals surface area (Å²) in [5.74, 6) is -6.36. The topological polar surface area (TPSA) is 29.5 Å². The maximum atomic E-state index is 13.6. The highest BCUT2D eigenvalue weighted by Gasteiger charge is 2.44. The second kappa shape index (κ2) is 4.32. The largest absolute Gasteiger partial charge is 0.395 e. The van der Waals surface area contributed by atoms with Gasteiger partial charge < -0.3 is 9.84 Å². The van der Waals surface area contributed by atoms with Crippen molar-refractivity contribution in [1.82, 2.24) is 0 Å². The van der Waals surface area contributed by atoms with E-state index in [1.54, 1.807) is 0 Å². The molecule has 0 aromatic rings. The number of hydrogen-bond acceptors (Lipinski definition) is 2. The minimum absolute atomic E-state index is 0.288. The van der Waals surface area contributed by atoms with Gasteiger partial charge in [-0.1, -0.05) is 0 Å². The first-order valence-corrected chi connectivity index (χ1v) is 4.19. The second-order valence-electron chi connectivity index (χ2n) is 3.22. The van der Waals surface area contributed by atoms with Gasteiger partial charge in [-0.05, 0) is 6.08 Å². The van der Waals surface area contributed by atoms with Crippen LogP contribution >= 0.6 is 0 Å². The van der Waals surface area contributed by atoms with E-state index in [9.17, 15) is 17.6 Å². The van der Waals surface area contributed by atoms with Crippen LogP contribution in [0.3, 0.4) is 0 Å². The zero-order chi connectivity index (χ0) is 11.6. The van der Waals surface area contributed by atoms with Crippen molar-refractivity contribution in [2.45, 2.75) is 5.67 Å². The van der Waals surface area contributed by atoms with Gasteiger partial charge in [0.15, 0.2) is 5.83 Å². The minimum Gasteiger partial charge on any atom is -0.395 e. The molecule has 2 nitrogen and oxygen atoms in total.